The fourth-order valence-electron chi connectivity index (χ4n) is 3.73. The van der Waals surface area contributed by atoms with Crippen LogP contribution in [0, 0.1) is 0 Å². The lowest BCUT2D eigenvalue weighted by Crippen LogP contribution is -2.69. The molecule has 0 aromatic carbocycles. The van der Waals surface area contributed by atoms with Gasteiger partial charge in [-0.2, -0.15) is 0 Å². The molecular formula is C19H32FN3O8. The number of ether oxygens (including phenoxy) is 1. The zero-order valence-corrected chi connectivity index (χ0v) is 17.7. The van der Waals surface area contributed by atoms with E-state index in [1.807, 2.05) is 11.9 Å². The average Bonchev–Trinajstić information content (AvgIpc) is 2.94. The molecule has 0 saturated carbocycles. The number of alkyl halides is 1. The summed E-state index contributed by atoms with van der Waals surface area (Å²) in [4.78, 5) is 26.4. The van der Waals surface area contributed by atoms with Crippen LogP contribution in [-0.2, 0) is 17.1 Å². The summed E-state index contributed by atoms with van der Waals surface area (Å²) < 4.78 is 20.3. The molecule has 1 fully saturated rings. The van der Waals surface area contributed by atoms with Crippen molar-refractivity contribution in [3.05, 3.63) is 32.6 Å². The number of rotatable bonds is 11. The van der Waals surface area contributed by atoms with Crippen LogP contribution in [0.4, 0.5) is 4.39 Å². The minimum atomic E-state index is -3.28. The number of hydrogen-bond donors (Lipinski definition) is 6. The van der Waals surface area contributed by atoms with Crippen LogP contribution in [0.3, 0.4) is 0 Å². The second-order valence-electron chi connectivity index (χ2n) is 7.78. The molecule has 0 bridgehead atoms. The van der Waals surface area contributed by atoms with Gasteiger partial charge in [-0.3, -0.25) is 9.78 Å². The number of H-pyrrole nitrogens is 1. The lowest BCUT2D eigenvalue weighted by atomic mass is 9.99. The Morgan fingerprint density at radius 3 is 2.52 bits per heavy atom. The first-order chi connectivity index (χ1) is 14.6. The van der Waals surface area contributed by atoms with Crippen molar-refractivity contribution < 1.29 is 34.8 Å². The van der Waals surface area contributed by atoms with Crippen LogP contribution in [-0.4, -0.2) is 71.1 Å². The van der Waals surface area contributed by atoms with Crippen molar-refractivity contribution in [3.63, 3.8) is 0 Å². The maximum absolute atomic E-state index is 14.8. The van der Waals surface area contributed by atoms with Crippen LogP contribution in [0.2, 0.25) is 0 Å². The fourth-order valence-corrected chi connectivity index (χ4v) is 3.73. The Bertz CT molecular complexity index is 848. The van der Waals surface area contributed by atoms with Crippen LogP contribution < -0.4 is 11.2 Å². The molecule has 2 rings (SSSR count). The average molecular weight is 449 g/mol. The van der Waals surface area contributed by atoms with E-state index in [1.165, 1.54) is 0 Å². The molecule has 0 aliphatic carbocycles. The van der Waals surface area contributed by atoms with E-state index in [0.29, 0.717) is 23.8 Å². The van der Waals surface area contributed by atoms with Gasteiger partial charge in [-0.15, -0.1) is 5.06 Å². The second kappa shape index (κ2) is 10.3. The van der Waals surface area contributed by atoms with Crippen molar-refractivity contribution in [3.8, 4) is 0 Å². The summed E-state index contributed by atoms with van der Waals surface area (Å²) in [5, 5.41) is 52.5. The Morgan fingerprint density at radius 2 is 1.94 bits per heavy atom. The zero-order valence-electron chi connectivity index (χ0n) is 17.7. The van der Waals surface area contributed by atoms with E-state index >= 15 is 0 Å². The number of hydrogen-bond acceptors (Lipinski definition) is 9. The molecule has 1 aromatic rings. The molecule has 11 nitrogen and oxygen atoms in total. The number of aromatic amines is 1. The highest BCUT2D eigenvalue weighted by Gasteiger charge is 2.71. The van der Waals surface area contributed by atoms with E-state index in [4.69, 9.17) is 4.74 Å². The largest absolute Gasteiger partial charge is 0.394 e. The highest BCUT2D eigenvalue weighted by atomic mass is 19.1. The molecule has 1 aromatic heterocycles. The van der Waals surface area contributed by atoms with Crippen LogP contribution in [0.15, 0.2) is 15.8 Å². The molecule has 1 aliphatic heterocycles. The van der Waals surface area contributed by atoms with E-state index in [1.54, 1.807) is 6.92 Å². The lowest BCUT2D eigenvalue weighted by molar-refractivity contribution is -0.428. The summed E-state index contributed by atoms with van der Waals surface area (Å²) in [6.07, 6.45) is -2.03. The molecule has 6 N–H and O–H groups in total. The van der Waals surface area contributed by atoms with Crippen molar-refractivity contribution in [1.29, 1.82) is 0 Å². The standard InChI is InChI=1S/C19H32FN3O8/c1-3-5-6-7-9-14(20)23(30)18(28)15(25)13(11-24)31-19(18,29)22-10-12(8-4-2)16(26)21-17(22)27/h10,13-15,24-25,28-30H,3-9,11H2,1-2H3,(H,21,26,27)/t13-,14?,15-,18-,19-/m1/s1. The van der Waals surface area contributed by atoms with Gasteiger partial charge >= 0.3 is 11.6 Å². The van der Waals surface area contributed by atoms with E-state index < -0.39 is 48.0 Å². The molecule has 0 amide bonds. The van der Waals surface area contributed by atoms with Crippen LogP contribution >= 0.6 is 0 Å². The molecule has 0 radical (unpaired) electrons. The molecule has 0 spiro atoms. The third kappa shape index (κ3) is 4.60. The quantitative estimate of drug-likeness (QED) is 0.113. The summed E-state index contributed by atoms with van der Waals surface area (Å²) in [6.45, 7) is 2.80. The third-order valence-corrected chi connectivity index (χ3v) is 5.51. The summed E-state index contributed by atoms with van der Waals surface area (Å²) in [5.41, 5.74) is -5.20. The lowest BCUT2D eigenvalue weighted by Gasteiger charge is -2.43. The normalized spacial score (nSPS) is 29.6. The molecule has 5 atom stereocenters. The van der Waals surface area contributed by atoms with Gasteiger partial charge in [0.2, 0.25) is 5.72 Å². The van der Waals surface area contributed by atoms with Gasteiger partial charge in [-0.25, -0.2) is 13.8 Å². The summed E-state index contributed by atoms with van der Waals surface area (Å²) in [7, 11) is 0. The Hall–Kier alpha value is -1.67. The molecule has 1 unspecified atom stereocenters. The Balaban J connectivity index is 2.52. The fraction of sp³-hybridized carbons (Fsp3) is 0.789. The highest BCUT2D eigenvalue weighted by Crippen LogP contribution is 2.44. The van der Waals surface area contributed by atoms with Gasteiger partial charge in [-0.05, 0) is 19.3 Å². The first kappa shape index (κ1) is 25.6. The Kier molecular flexibility index (Phi) is 8.50. The van der Waals surface area contributed by atoms with Gasteiger partial charge in [0.1, 0.15) is 12.2 Å². The van der Waals surface area contributed by atoms with E-state index in [0.717, 1.165) is 19.0 Å². The number of halogens is 1. The van der Waals surface area contributed by atoms with E-state index in [-0.39, 0.29) is 23.5 Å². The molecular weight excluding hydrogens is 417 g/mol. The predicted octanol–water partition coefficient (Wildman–Crippen LogP) is -0.510. The van der Waals surface area contributed by atoms with Gasteiger partial charge in [-0.1, -0.05) is 39.5 Å². The van der Waals surface area contributed by atoms with Gasteiger partial charge in [0, 0.05) is 11.8 Å². The van der Waals surface area contributed by atoms with E-state index in [2.05, 4.69) is 0 Å². The number of aryl methyl sites for hydroxylation is 1. The number of aromatic nitrogens is 2. The van der Waals surface area contributed by atoms with Crippen LogP contribution in [0.25, 0.3) is 0 Å². The van der Waals surface area contributed by atoms with Gasteiger partial charge < -0.3 is 30.4 Å². The molecule has 178 valence electrons. The number of aliphatic hydroxyl groups excluding tert-OH is 2. The summed E-state index contributed by atoms with van der Waals surface area (Å²) in [5.74, 6) is -3.23. The van der Waals surface area contributed by atoms with Gasteiger partial charge in [0.05, 0.1) is 6.61 Å². The maximum Gasteiger partial charge on any atom is 0.332 e. The van der Waals surface area contributed by atoms with Crippen molar-refractivity contribution in [2.45, 2.75) is 88.9 Å². The molecule has 12 heteroatoms. The van der Waals surface area contributed by atoms with Crippen molar-refractivity contribution in [2.75, 3.05) is 6.61 Å². The Morgan fingerprint density at radius 1 is 1.26 bits per heavy atom. The predicted molar refractivity (Wildman–Crippen MR) is 106 cm³/mol. The summed E-state index contributed by atoms with van der Waals surface area (Å²) in [6, 6.07) is 0. The zero-order chi connectivity index (χ0) is 23.4. The number of nitrogens with zero attached hydrogens (tertiary/aromatic N) is 2. The first-order valence-electron chi connectivity index (χ1n) is 10.5. The van der Waals surface area contributed by atoms with Crippen molar-refractivity contribution in [1.82, 2.24) is 14.6 Å². The monoisotopic (exact) mass is 449 g/mol. The van der Waals surface area contributed by atoms with Crippen LogP contribution in [0.5, 0.6) is 0 Å². The van der Waals surface area contributed by atoms with Crippen LogP contribution in [0.1, 0.15) is 57.9 Å². The van der Waals surface area contributed by atoms with Crippen molar-refractivity contribution >= 4 is 0 Å². The smallest absolute Gasteiger partial charge is 0.332 e. The highest BCUT2D eigenvalue weighted by molar-refractivity contribution is 5.10. The first-order valence-corrected chi connectivity index (χ1v) is 10.5. The van der Waals surface area contributed by atoms with Crippen molar-refractivity contribution in [2.24, 2.45) is 0 Å². The summed E-state index contributed by atoms with van der Waals surface area (Å²) >= 11 is 0. The minimum Gasteiger partial charge on any atom is -0.394 e. The van der Waals surface area contributed by atoms with Gasteiger partial charge in [0.15, 0.2) is 6.30 Å². The number of unbranched alkanes of at least 4 members (excludes halogenated alkanes) is 3. The third-order valence-electron chi connectivity index (χ3n) is 5.51. The molecule has 2 heterocycles. The number of hydroxylamine groups is 2. The molecule has 1 aliphatic rings. The SMILES string of the molecule is CCCCCCC(F)N(O)[C@@]1(O)[C@H](O)[C@@H](CO)O[C@@]1(O)n1cc(CCC)c(=O)[nH]c1=O. The minimum absolute atomic E-state index is 0.0456. The topological polar surface area (TPSA) is 168 Å². The number of aliphatic hydroxyl groups is 4. The molecule has 1 saturated heterocycles. The molecule has 31 heavy (non-hydrogen) atoms. The van der Waals surface area contributed by atoms with E-state index in [9.17, 15) is 39.6 Å². The maximum atomic E-state index is 14.8. The van der Waals surface area contributed by atoms with Gasteiger partial charge in [0.25, 0.3) is 5.56 Å². The number of nitrogens with one attached hydrogen (secondary N) is 1. The second-order valence-corrected chi connectivity index (χ2v) is 7.78. The Labute approximate surface area is 178 Å².